The summed E-state index contributed by atoms with van der Waals surface area (Å²) in [5.74, 6) is 0. The molecule has 1 aliphatic heterocycles. The van der Waals surface area contributed by atoms with Crippen LogP contribution < -0.4 is 0 Å². The van der Waals surface area contributed by atoms with E-state index in [1.54, 1.807) is 25.7 Å². The Morgan fingerprint density at radius 2 is 2.10 bits per heavy atom. The first-order chi connectivity index (χ1) is 9.17. The molecule has 0 N–H and O–H groups in total. The first kappa shape index (κ1) is 17.9. The number of hydrogen-bond donors (Lipinski definition) is 0. The van der Waals surface area contributed by atoms with E-state index in [4.69, 9.17) is 9.47 Å². The van der Waals surface area contributed by atoms with Crippen LogP contribution in [0.15, 0.2) is 0 Å². The Balaban J connectivity index is 2.65. The number of hydrogen-bond acceptors (Lipinski definition) is 3. The Labute approximate surface area is 132 Å². The van der Waals surface area contributed by atoms with Crippen molar-refractivity contribution in [3.05, 3.63) is 0 Å². The van der Waals surface area contributed by atoms with E-state index < -0.39 is 30.3 Å². The third kappa shape index (κ3) is 5.67. The van der Waals surface area contributed by atoms with Crippen molar-refractivity contribution in [1.29, 1.82) is 0 Å². The topological polar surface area (TPSA) is 38.8 Å². The lowest BCUT2D eigenvalue weighted by molar-refractivity contribution is -0.105. The summed E-state index contributed by atoms with van der Waals surface area (Å²) in [7, 11) is 0. The van der Waals surface area contributed by atoms with E-state index in [0.717, 1.165) is 6.42 Å². The van der Waals surface area contributed by atoms with E-state index in [1.165, 1.54) is 0 Å². The smallest absolute Gasteiger partial charge is 0.410 e. The van der Waals surface area contributed by atoms with Crippen LogP contribution in [0.3, 0.4) is 0 Å². The Bertz CT molecular complexity index is 336. The zero-order chi connectivity index (χ0) is 15.4. The van der Waals surface area contributed by atoms with Crippen molar-refractivity contribution in [2.75, 3.05) is 24.1 Å². The fourth-order valence-corrected chi connectivity index (χ4v) is 2.93. The summed E-state index contributed by atoms with van der Waals surface area (Å²) in [6.07, 6.45) is -1.49. The highest BCUT2D eigenvalue weighted by molar-refractivity contribution is 14.1. The predicted molar refractivity (Wildman–Crippen MR) is 80.6 cm³/mol. The van der Waals surface area contributed by atoms with Crippen LogP contribution in [0.5, 0.6) is 0 Å². The summed E-state index contributed by atoms with van der Waals surface area (Å²) in [6, 6.07) is 0. The van der Waals surface area contributed by atoms with Gasteiger partial charge in [-0.2, -0.15) is 0 Å². The number of carbonyl (C=O) groups is 1. The number of rotatable bonds is 4. The second-order valence-electron chi connectivity index (χ2n) is 6.02. The minimum Gasteiger partial charge on any atom is -0.444 e. The Kier molecular flexibility index (Phi) is 6.43. The lowest BCUT2D eigenvalue weighted by atomic mass is 9.95. The van der Waals surface area contributed by atoms with Gasteiger partial charge in [0, 0.05) is 11.0 Å². The number of carbonyl (C=O) groups excluding carboxylic acids is 1. The van der Waals surface area contributed by atoms with Gasteiger partial charge in [0.15, 0.2) is 0 Å². The van der Waals surface area contributed by atoms with E-state index in [-0.39, 0.29) is 0 Å². The second kappa shape index (κ2) is 7.20. The first-order valence-electron chi connectivity index (χ1n) is 6.63. The van der Waals surface area contributed by atoms with Crippen LogP contribution in [-0.2, 0) is 9.47 Å². The maximum atomic E-state index is 12.3. The molecule has 1 atom stereocenters. The van der Waals surface area contributed by atoms with Crippen molar-refractivity contribution in [3.8, 4) is 0 Å². The molecule has 20 heavy (non-hydrogen) atoms. The van der Waals surface area contributed by atoms with Crippen molar-refractivity contribution >= 4 is 28.7 Å². The molecule has 0 aromatic heterocycles. The van der Waals surface area contributed by atoms with E-state index in [2.05, 4.69) is 22.6 Å². The van der Waals surface area contributed by atoms with Gasteiger partial charge in [-0.15, -0.1) is 0 Å². The summed E-state index contributed by atoms with van der Waals surface area (Å²) in [5, 5.41) is 0. The van der Waals surface area contributed by atoms with Gasteiger partial charge in [-0.1, -0.05) is 22.6 Å². The van der Waals surface area contributed by atoms with E-state index in [9.17, 15) is 13.6 Å². The second-order valence-corrected chi connectivity index (χ2v) is 6.79. The van der Waals surface area contributed by atoms with Gasteiger partial charge in [0.25, 0.3) is 6.43 Å². The van der Waals surface area contributed by atoms with Crippen LogP contribution in [0.2, 0.25) is 0 Å². The predicted octanol–water partition coefficient (Wildman–Crippen LogP) is 3.47. The summed E-state index contributed by atoms with van der Waals surface area (Å²) in [6.45, 7) is 5.68. The van der Waals surface area contributed by atoms with Gasteiger partial charge < -0.3 is 14.4 Å². The number of ether oxygens (including phenoxy) is 2. The Morgan fingerprint density at radius 1 is 1.45 bits per heavy atom. The van der Waals surface area contributed by atoms with Gasteiger partial charge >= 0.3 is 6.09 Å². The van der Waals surface area contributed by atoms with Gasteiger partial charge in [-0.3, -0.25) is 0 Å². The fraction of sp³-hybridized carbons (Fsp3) is 0.923. The minimum atomic E-state index is -2.49. The molecule has 1 amide bonds. The van der Waals surface area contributed by atoms with Gasteiger partial charge in [-0.05, 0) is 33.6 Å². The number of amides is 1. The molecule has 1 saturated heterocycles. The molecule has 0 spiro atoms. The highest BCUT2D eigenvalue weighted by Gasteiger charge is 2.39. The van der Waals surface area contributed by atoms with E-state index in [1.807, 2.05) is 0 Å². The first-order valence-corrected chi connectivity index (χ1v) is 8.16. The molecule has 0 saturated carbocycles. The van der Waals surface area contributed by atoms with Crippen LogP contribution in [0.4, 0.5) is 13.6 Å². The number of likely N-dealkylation sites (tertiary alicyclic amines) is 1. The quantitative estimate of drug-likeness (QED) is 0.531. The molecule has 1 fully saturated rings. The highest BCUT2D eigenvalue weighted by atomic mass is 127. The van der Waals surface area contributed by atoms with Crippen LogP contribution in [0, 0.1) is 0 Å². The van der Waals surface area contributed by atoms with E-state index >= 15 is 0 Å². The third-order valence-electron chi connectivity index (χ3n) is 2.95. The van der Waals surface area contributed by atoms with Crippen LogP contribution in [0.1, 0.15) is 33.6 Å². The standard InChI is InChI=1S/C13H22F2INO3/c1-12(2,3)20-11(18)17-6-4-5-13(8-16,9-17)19-7-10(14)15/h10H,4-9H2,1-3H3. The highest BCUT2D eigenvalue weighted by Crippen LogP contribution is 2.29. The normalized spacial score (nSPS) is 24.1. The maximum absolute atomic E-state index is 12.3. The molecule has 0 aromatic rings. The Morgan fingerprint density at radius 3 is 2.60 bits per heavy atom. The van der Waals surface area contributed by atoms with Gasteiger partial charge in [-0.25, -0.2) is 13.6 Å². The van der Waals surface area contributed by atoms with Crippen molar-refractivity contribution in [2.45, 2.75) is 51.2 Å². The molecule has 0 bridgehead atoms. The van der Waals surface area contributed by atoms with Crippen LogP contribution in [-0.4, -0.2) is 52.7 Å². The molecule has 1 unspecified atom stereocenters. The number of nitrogens with zero attached hydrogens (tertiary/aromatic N) is 1. The molecular formula is C13H22F2INO3. The fourth-order valence-electron chi connectivity index (χ4n) is 2.09. The van der Waals surface area contributed by atoms with Crippen LogP contribution >= 0.6 is 22.6 Å². The van der Waals surface area contributed by atoms with Gasteiger partial charge in [0.05, 0.1) is 12.1 Å². The van der Waals surface area contributed by atoms with Crippen molar-refractivity contribution in [1.82, 2.24) is 4.90 Å². The molecule has 1 rings (SSSR count). The molecule has 1 aliphatic rings. The summed E-state index contributed by atoms with van der Waals surface area (Å²) in [5.41, 5.74) is -1.25. The summed E-state index contributed by atoms with van der Waals surface area (Å²) >= 11 is 2.12. The lowest BCUT2D eigenvalue weighted by Crippen LogP contribution is -2.54. The molecular weight excluding hydrogens is 383 g/mol. The van der Waals surface area contributed by atoms with Crippen molar-refractivity contribution in [2.24, 2.45) is 0 Å². The Hall–Kier alpha value is -0.180. The monoisotopic (exact) mass is 405 g/mol. The number of alkyl halides is 3. The lowest BCUT2D eigenvalue weighted by Gasteiger charge is -2.41. The summed E-state index contributed by atoms with van der Waals surface area (Å²) < 4.78 is 36.0. The van der Waals surface area contributed by atoms with Gasteiger partial charge in [0.2, 0.25) is 0 Å². The zero-order valence-electron chi connectivity index (χ0n) is 12.1. The molecule has 118 valence electrons. The number of halogens is 3. The maximum Gasteiger partial charge on any atom is 0.410 e. The van der Waals surface area contributed by atoms with E-state index in [0.29, 0.717) is 23.9 Å². The molecule has 0 radical (unpaired) electrons. The van der Waals surface area contributed by atoms with Crippen molar-refractivity contribution < 1.29 is 23.0 Å². The van der Waals surface area contributed by atoms with Crippen LogP contribution in [0.25, 0.3) is 0 Å². The van der Waals surface area contributed by atoms with Gasteiger partial charge in [0.1, 0.15) is 12.2 Å². The largest absolute Gasteiger partial charge is 0.444 e. The zero-order valence-corrected chi connectivity index (χ0v) is 14.3. The summed E-state index contributed by atoms with van der Waals surface area (Å²) in [4.78, 5) is 13.6. The molecule has 4 nitrogen and oxygen atoms in total. The van der Waals surface area contributed by atoms with Crippen molar-refractivity contribution in [3.63, 3.8) is 0 Å². The minimum absolute atomic E-state index is 0.303. The molecule has 0 aliphatic carbocycles. The average Bonchev–Trinajstić information content (AvgIpc) is 2.34. The molecule has 7 heteroatoms. The molecule has 1 heterocycles. The number of piperidine rings is 1. The molecule has 0 aromatic carbocycles. The average molecular weight is 405 g/mol. The SMILES string of the molecule is CC(C)(C)OC(=O)N1CCCC(CI)(OCC(F)F)C1. The third-order valence-corrected chi connectivity index (χ3v) is 4.34.